The first-order valence-corrected chi connectivity index (χ1v) is 7.43. The van der Waals surface area contributed by atoms with Crippen molar-refractivity contribution in [3.8, 4) is 0 Å². The van der Waals surface area contributed by atoms with Crippen molar-refractivity contribution in [3.05, 3.63) is 34.3 Å². The molecule has 0 radical (unpaired) electrons. The molecule has 1 aromatic carbocycles. The predicted molar refractivity (Wildman–Crippen MR) is 79.9 cm³/mol. The Morgan fingerprint density at radius 3 is 2.90 bits per heavy atom. The van der Waals surface area contributed by atoms with Crippen molar-refractivity contribution in [1.82, 2.24) is 10.2 Å². The summed E-state index contributed by atoms with van der Waals surface area (Å²) in [6.45, 7) is 0.941. The number of nitrogens with one attached hydrogen (secondary N) is 1. The SMILES string of the molecule is O=C(NCC(=O)N1CCOCC1CO)c1ccccc1Br. The molecule has 1 saturated heterocycles. The van der Waals surface area contributed by atoms with E-state index in [0.717, 1.165) is 0 Å². The molecule has 21 heavy (non-hydrogen) atoms. The first-order chi connectivity index (χ1) is 10.1. The first-order valence-electron chi connectivity index (χ1n) is 6.64. The monoisotopic (exact) mass is 356 g/mol. The van der Waals surface area contributed by atoms with Gasteiger partial charge in [-0.1, -0.05) is 12.1 Å². The minimum Gasteiger partial charge on any atom is -0.394 e. The summed E-state index contributed by atoms with van der Waals surface area (Å²) in [5, 5.41) is 11.8. The second kappa shape index (κ2) is 7.53. The summed E-state index contributed by atoms with van der Waals surface area (Å²) in [4.78, 5) is 25.7. The molecule has 2 N–H and O–H groups in total. The number of hydrogen-bond donors (Lipinski definition) is 2. The predicted octanol–water partition coefficient (Wildman–Crippen LogP) is 0.399. The van der Waals surface area contributed by atoms with E-state index in [1.54, 1.807) is 23.1 Å². The lowest BCUT2D eigenvalue weighted by molar-refractivity contribution is -0.140. The summed E-state index contributed by atoms with van der Waals surface area (Å²) in [5.74, 6) is -0.539. The molecule has 1 aromatic rings. The van der Waals surface area contributed by atoms with E-state index in [2.05, 4.69) is 21.2 Å². The minimum absolute atomic E-state index is 0.101. The lowest BCUT2D eigenvalue weighted by Gasteiger charge is -2.34. The Hall–Kier alpha value is -1.44. The van der Waals surface area contributed by atoms with Gasteiger partial charge in [0, 0.05) is 11.0 Å². The highest BCUT2D eigenvalue weighted by Crippen LogP contribution is 2.15. The molecule has 6 nitrogen and oxygen atoms in total. The maximum absolute atomic E-state index is 12.1. The maximum Gasteiger partial charge on any atom is 0.252 e. The number of amides is 2. The van der Waals surface area contributed by atoms with E-state index in [1.165, 1.54) is 0 Å². The third kappa shape index (κ3) is 4.03. The average Bonchev–Trinajstić information content (AvgIpc) is 2.52. The van der Waals surface area contributed by atoms with E-state index in [9.17, 15) is 14.7 Å². The number of aliphatic hydroxyl groups excluding tert-OH is 1. The van der Waals surface area contributed by atoms with Crippen molar-refractivity contribution in [2.75, 3.05) is 32.9 Å². The van der Waals surface area contributed by atoms with Crippen LogP contribution in [-0.2, 0) is 9.53 Å². The Labute approximate surface area is 131 Å². The van der Waals surface area contributed by atoms with Crippen LogP contribution in [0.15, 0.2) is 28.7 Å². The van der Waals surface area contributed by atoms with Crippen LogP contribution < -0.4 is 5.32 Å². The van der Waals surface area contributed by atoms with E-state index in [-0.39, 0.29) is 31.0 Å². The van der Waals surface area contributed by atoms with Crippen LogP contribution >= 0.6 is 15.9 Å². The number of nitrogens with zero attached hydrogens (tertiary/aromatic N) is 1. The van der Waals surface area contributed by atoms with Gasteiger partial charge >= 0.3 is 0 Å². The molecule has 2 amide bonds. The summed E-state index contributed by atoms with van der Waals surface area (Å²) in [6.07, 6.45) is 0. The fraction of sp³-hybridized carbons (Fsp3) is 0.429. The minimum atomic E-state index is -0.341. The van der Waals surface area contributed by atoms with E-state index in [1.807, 2.05) is 6.07 Å². The Kier molecular flexibility index (Phi) is 5.72. The average molecular weight is 357 g/mol. The Morgan fingerprint density at radius 2 is 2.19 bits per heavy atom. The zero-order valence-electron chi connectivity index (χ0n) is 11.4. The van der Waals surface area contributed by atoms with Crippen LogP contribution in [0.1, 0.15) is 10.4 Å². The molecule has 0 saturated carbocycles. The van der Waals surface area contributed by atoms with E-state index < -0.39 is 0 Å². The molecule has 1 atom stereocenters. The number of carbonyl (C=O) groups is 2. The van der Waals surface area contributed by atoms with Crippen LogP contribution in [0.5, 0.6) is 0 Å². The molecule has 114 valence electrons. The summed E-state index contributed by atoms with van der Waals surface area (Å²) in [6, 6.07) is 6.67. The second-order valence-corrected chi connectivity index (χ2v) is 5.52. The van der Waals surface area contributed by atoms with Gasteiger partial charge in [0.05, 0.1) is 38.0 Å². The molecule has 0 aliphatic carbocycles. The van der Waals surface area contributed by atoms with Crippen molar-refractivity contribution < 1.29 is 19.4 Å². The lowest BCUT2D eigenvalue weighted by atomic mass is 10.2. The van der Waals surface area contributed by atoms with Gasteiger partial charge in [0.1, 0.15) is 0 Å². The summed E-state index contributed by atoms with van der Waals surface area (Å²) in [5.41, 5.74) is 0.478. The lowest BCUT2D eigenvalue weighted by Crippen LogP contribution is -2.53. The largest absolute Gasteiger partial charge is 0.394 e. The number of halogens is 1. The van der Waals surface area contributed by atoms with Gasteiger partial charge in [0.15, 0.2) is 0 Å². The molecule has 1 unspecified atom stereocenters. The fourth-order valence-corrected chi connectivity index (χ4v) is 2.60. The standard InChI is InChI=1S/C14H17BrN2O4/c15-12-4-2-1-3-11(12)14(20)16-7-13(19)17-5-6-21-9-10(17)8-18/h1-4,10,18H,5-9H2,(H,16,20). The smallest absolute Gasteiger partial charge is 0.252 e. The van der Waals surface area contributed by atoms with E-state index in [0.29, 0.717) is 29.8 Å². The third-order valence-corrected chi connectivity index (χ3v) is 3.97. The van der Waals surface area contributed by atoms with E-state index >= 15 is 0 Å². The third-order valence-electron chi connectivity index (χ3n) is 3.28. The van der Waals surface area contributed by atoms with E-state index in [4.69, 9.17) is 4.74 Å². The van der Waals surface area contributed by atoms with Crippen LogP contribution in [0.4, 0.5) is 0 Å². The molecule has 0 bridgehead atoms. The molecule has 1 fully saturated rings. The van der Waals surface area contributed by atoms with Crippen molar-refractivity contribution >= 4 is 27.7 Å². The molecule has 0 spiro atoms. The number of hydrogen-bond acceptors (Lipinski definition) is 4. The number of morpholine rings is 1. The maximum atomic E-state index is 12.1. The zero-order valence-corrected chi connectivity index (χ0v) is 13.0. The van der Waals surface area contributed by atoms with Crippen LogP contribution in [-0.4, -0.2) is 60.8 Å². The Bertz CT molecular complexity index is 523. The molecule has 0 aromatic heterocycles. The molecule has 1 aliphatic rings. The first kappa shape index (κ1) is 15.9. The van der Waals surface area contributed by atoms with Gasteiger partial charge < -0.3 is 20.1 Å². The fourth-order valence-electron chi connectivity index (χ4n) is 2.13. The normalized spacial score (nSPS) is 18.4. The zero-order chi connectivity index (χ0) is 15.2. The van der Waals surface area contributed by atoms with Gasteiger partial charge in [-0.3, -0.25) is 9.59 Å². The van der Waals surface area contributed by atoms with Crippen LogP contribution in [0.3, 0.4) is 0 Å². The molecule has 1 aliphatic heterocycles. The highest BCUT2D eigenvalue weighted by atomic mass is 79.9. The number of rotatable bonds is 4. The van der Waals surface area contributed by atoms with Crippen molar-refractivity contribution in [3.63, 3.8) is 0 Å². The van der Waals surface area contributed by atoms with Crippen molar-refractivity contribution in [1.29, 1.82) is 0 Å². The second-order valence-electron chi connectivity index (χ2n) is 4.66. The number of carbonyl (C=O) groups excluding carboxylic acids is 2. The Morgan fingerprint density at radius 1 is 1.43 bits per heavy atom. The van der Waals surface area contributed by atoms with Gasteiger partial charge in [-0.15, -0.1) is 0 Å². The quantitative estimate of drug-likeness (QED) is 0.818. The van der Waals surface area contributed by atoms with Gasteiger partial charge in [-0.25, -0.2) is 0 Å². The van der Waals surface area contributed by atoms with Gasteiger partial charge in [-0.05, 0) is 28.1 Å². The van der Waals surface area contributed by atoms with Crippen LogP contribution in [0.2, 0.25) is 0 Å². The van der Waals surface area contributed by atoms with Gasteiger partial charge in [-0.2, -0.15) is 0 Å². The summed E-state index contributed by atoms with van der Waals surface area (Å²) < 4.78 is 5.89. The summed E-state index contributed by atoms with van der Waals surface area (Å²) >= 11 is 3.30. The van der Waals surface area contributed by atoms with Crippen LogP contribution in [0.25, 0.3) is 0 Å². The number of aliphatic hydroxyl groups is 1. The van der Waals surface area contributed by atoms with Crippen molar-refractivity contribution in [2.45, 2.75) is 6.04 Å². The highest BCUT2D eigenvalue weighted by molar-refractivity contribution is 9.10. The van der Waals surface area contributed by atoms with Gasteiger partial charge in [0.25, 0.3) is 5.91 Å². The molecule has 2 rings (SSSR count). The van der Waals surface area contributed by atoms with Crippen molar-refractivity contribution in [2.24, 2.45) is 0 Å². The van der Waals surface area contributed by atoms with Gasteiger partial charge in [0.2, 0.25) is 5.91 Å². The topological polar surface area (TPSA) is 78.9 Å². The molecular formula is C14H17BrN2O4. The molecule has 1 heterocycles. The molecular weight excluding hydrogens is 340 g/mol. The number of benzene rings is 1. The molecule has 7 heteroatoms. The summed E-state index contributed by atoms with van der Waals surface area (Å²) in [7, 11) is 0. The Balaban J connectivity index is 1.91. The number of ether oxygens (including phenoxy) is 1. The van der Waals surface area contributed by atoms with Crippen LogP contribution in [0, 0.1) is 0 Å². The highest BCUT2D eigenvalue weighted by Gasteiger charge is 2.26.